The van der Waals surface area contributed by atoms with Gasteiger partial charge in [-0.3, -0.25) is 4.57 Å². The lowest BCUT2D eigenvalue weighted by Gasteiger charge is -2.01. The Hall–Kier alpha value is 0.190. The molecule has 0 spiro atoms. The Labute approximate surface area is 51.1 Å². The molecule has 0 heterocycles. The van der Waals surface area contributed by atoms with E-state index in [1.807, 2.05) is 13.8 Å². The van der Waals surface area contributed by atoms with E-state index in [2.05, 4.69) is 0 Å². The minimum Gasteiger partial charge on any atom is -0.330 e. The lowest BCUT2D eigenvalue weighted by Crippen LogP contribution is -1.95. The summed E-state index contributed by atoms with van der Waals surface area (Å²) in [7, 11) is -1.68. The summed E-state index contributed by atoms with van der Waals surface area (Å²) in [5.74, 6) is 0.490. The van der Waals surface area contributed by atoms with Crippen LogP contribution >= 0.6 is 8.03 Å². The molecule has 0 rings (SSSR count). The van der Waals surface area contributed by atoms with Crippen LogP contribution in [0.2, 0.25) is 0 Å². The molecule has 50 valence electrons. The van der Waals surface area contributed by atoms with Crippen LogP contribution in [0.4, 0.5) is 0 Å². The Morgan fingerprint density at radius 3 is 2.25 bits per heavy atom. The molecule has 0 aromatic rings. The van der Waals surface area contributed by atoms with Gasteiger partial charge in [0.15, 0.2) is 8.03 Å². The summed E-state index contributed by atoms with van der Waals surface area (Å²) in [5, 5.41) is 0. The van der Waals surface area contributed by atoms with Crippen LogP contribution in [0.1, 0.15) is 13.8 Å². The highest BCUT2D eigenvalue weighted by Gasteiger charge is 1.93. The van der Waals surface area contributed by atoms with E-state index in [9.17, 15) is 4.57 Å². The van der Waals surface area contributed by atoms with Gasteiger partial charge < -0.3 is 4.52 Å². The van der Waals surface area contributed by atoms with Gasteiger partial charge in [0.05, 0.1) is 6.61 Å². The second-order valence-corrected chi connectivity index (χ2v) is 3.47. The zero-order valence-corrected chi connectivity index (χ0v) is 6.60. The molecule has 0 fully saturated rings. The maximum Gasteiger partial charge on any atom is 0.188 e. The van der Waals surface area contributed by atoms with Gasteiger partial charge in [0.25, 0.3) is 0 Å². The summed E-state index contributed by atoms with van der Waals surface area (Å²) in [4.78, 5) is 0. The predicted molar refractivity (Wildman–Crippen MR) is 35.7 cm³/mol. The van der Waals surface area contributed by atoms with Crippen molar-refractivity contribution >= 4 is 8.03 Å². The molecule has 0 aromatic heterocycles. The fraction of sp³-hybridized carbons (Fsp3) is 1.00. The molecule has 0 aliphatic rings. The Balaban J connectivity index is 3.05. The van der Waals surface area contributed by atoms with E-state index in [0.29, 0.717) is 12.5 Å². The quantitative estimate of drug-likeness (QED) is 0.552. The van der Waals surface area contributed by atoms with E-state index in [1.54, 1.807) is 6.66 Å². The van der Waals surface area contributed by atoms with Gasteiger partial charge in [-0.25, -0.2) is 0 Å². The Morgan fingerprint density at radius 1 is 1.62 bits per heavy atom. The molecular formula is C5H13O2P. The summed E-state index contributed by atoms with van der Waals surface area (Å²) < 4.78 is 15.2. The Bertz CT molecular complexity index is 80.5. The molecule has 2 nitrogen and oxygen atoms in total. The van der Waals surface area contributed by atoms with Crippen molar-refractivity contribution in [3.05, 3.63) is 0 Å². The third kappa shape index (κ3) is 6.19. The van der Waals surface area contributed by atoms with E-state index in [1.165, 1.54) is 0 Å². The van der Waals surface area contributed by atoms with Gasteiger partial charge >= 0.3 is 0 Å². The van der Waals surface area contributed by atoms with Crippen molar-refractivity contribution in [1.29, 1.82) is 0 Å². The van der Waals surface area contributed by atoms with Gasteiger partial charge in [0.1, 0.15) is 0 Å². The van der Waals surface area contributed by atoms with Crippen LogP contribution in [0.5, 0.6) is 0 Å². The van der Waals surface area contributed by atoms with Crippen molar-refractivity contribution in [3.63, 3.8) is 0 Å². The molecule has 3 heteroatoms. The van der Waals surface area contributed by atoms with Crippen molar-refractivity contribution in [2.45, 2.75) is 13.8 Å². The summed E-state index contributed by atoms with van der Waals surface area (Å²) in [5.41, 5.74) is 0. The first-order valence-corrected chi connectivity index (χ1v) is 4.58. The molecule has 1 atom stereocenters. The molecule has 0 saturated carbocycles. The maximum absolute atomic E-state index is 10.3. The van der Waals surface area contributed by atoms with Crippen LogP contribution in [-0.2, 0) is 9.09 Å². The van der Waals surface area contributed by atoms with Crippen LogP contribution < -0.4 is 0 Å². The summed E-state index contributed by atoms with van der Waals surface area (Å²) in [6, 6.07) is 0. The number of hydrogen-bond donors (Lipinski definition) is 0. The van der Waals surface area contributed by atoms with Crippen LogP contribution in [0, 0.1) is 5.92 Å². The first kappa shape index (κ1) is 8.19. The maximum atomic E-state index is 10.3. The molecular weight excluding hydrogens is 123 g/mol. The summed E-state index contributed by atoms with van der Waals surface area (Å²) >= 11 is 0. The average molecular weight is 136 g/mol. The highest BCUT2D eigenvalue weighted by molar-refractivity contribution is 7.38. The van der Waals surface area contributed by atoms with Crippen LogP contribution in [-0.4, -0.2) is 13.3 Å². The first-order chi connectivity index (χ1) is 3.63. The second-order valence-electron chi connectivity index (χ2n) is 2.20. The third-order valence-corrected chi connectivity index (χ3v) is 1.19. The van der Waals surface area contributed by atoms with E-state index in [0.717, 1.165) is 0 Å². The molecule has 1 unspecified atom stereocenters. The molecule has 0 radical (unpaired) electrons. The smallest absolute Gasteiger partial charge is 0.188 e. The van der Waals surface area contributed by atoms with Gasteiger partial charge in [-0.15, -0.1) is 0 Å². The van der Waals surface area contributed by atoms with E-state index < -0.39 is 8.03 Å². The van der Waals surface area contributed by atoms with Crippen molar-refractivity contribution in [2.24, 2.45) is 5.92 Å². The fourth-order valence-corrected chi connectivity index (χ4v) is 0.852. The normalized spacial score (nSPS) is 14.5. The molecule has 0 bridgehead atoms. The molecule has 0 aromatic carbocycles. The average Bonchev–Trinajstić information content (AvgIpc) is 1.61. The number of hydrogen-bond acceptors (Lipinski definition) is 2. The Kier molecular flexibility index (Phi) is 4.20. The summed E-state index contributed by atoms with van der Waals surface area (Å²) in [6.07, 6.45) is 0. The van der Waals surface area contributed by atoms with Crippen molar-refractivity contribution in [3.8, 4) is 0 Å². The van der Waals surface area contributed by atoms with Gasteiger partial charge in [-0.2, -0.15) is 0 Å². The van der Waals surface area contributed by atoms with Gasteiger partial charge in [-0.05, 0) is 5.92 Å². The SMILES string of the molecule is CC(C)CO[PH](C)=O. The monoisotopic (exact) mass is 136 g/mol. The largest absolute Gasteiger partial charge is 0.330 e. The van der Waals surface area contributed by atoms with Crippen LogP contribution in [0.25, 0.3) is 0 Å². The zero-order valence-electron chi connectivity index (χ0n) is 5.60. The van der Waals surface area contributed by atoms with E-state index in [-0.39, 0.29) is 0 Å². The standard InChI is InChI=1S/C5H13O2P/c1-5(2)4-7-8(3)6/h5,8H,4H2,1-3H3. The molecule has 0 N–H and O–H groups in total. The van der Waals surface area contributed by atoms with Crippen molar-refractivity contribution < 1.29 is 9.09 Å². The Morgan fingerprint density at radius 2 is 2.12 bits per heavy atom. The van der Waals surface area contributed by atoms with Gasteiger partial charge in [0.2, 0.25) is 0 Å². The minimum atomic E-state index is -1.68. The topological polar surface area (TPSA) is 26.3 Å². The second kappa shape index (κ2) is 4.11. The minimum absolute atomic E-state index is 0.490. The van der Waals surface area contributed by atoms with Crippen LogP contribution in [0.15, 0.2) is 0 Å². The lowest BCUT2D eigenvalue weighted by molar-refractivity contribution is 0.285. The van der Waals surface area contributed by atoms with Crippen LogP contribution in [0.3, 0.4) is 0 Å². The molecule has 0 saturated heterocycles. The lowest BCUT2D eigenvalue weighted by atomic mass is 10.2. The van der Waals surface area contributed by atoms with Crippen molar-refractivity contribution in [1.82, 2.24) is 0 Å². The van der Waals surface area contributed by atoms with E-state index in [4.69, 9.17) is 4.52 Å². The van der Waals surface area contributed by atoms with Crippen molar-refractivity contribution in [2.75, 3.05) is 13.3 Å². The van der Waals surface area contributed by atoms with E-state index >= 15 is 0 Å². The molecule has 0 aliphatic heterocycles. The summed E-state index contributed by atoms with van der Waals surface area (Å²) in [6.45, 7) is 6.29. The molecule has 0 amide bonds. The number of rotatable bonds is 3. The fourth-order valence-electron chi connectivity index (χ4n) is 0.284. The first-order valence-electron chi connectivity index (χ1n) is 2.76. The third-order valence-electron chi connectivity index (χ3n) is 0.620. The van der Waals surface area contributed by atoms with Gasteiger partial charge in [-0.1, -0.05) is 13.8 Å². The highest BCUT2D eigenvalue weighted by atomic mass is 31.1. The van der Waals surface area contributed by atoms with Gasteiger partial charge in [0, 0.05) is 6.66 Å². The molecule has 8 heavy (non-hydrogen) atoms. The zero-order chi connectivity index (χ0) is 6.57. The predicted octanol–water partition coefficient (Wildman–Crippen LogP) is 1.76. The highest BCUT2D eigenvalue weighted by Crippen LogP contribution is 2.15. The molecule has 0 aliphatic carbocycles.